The second-order valence-corrected chi connectivity index (χ2v) is 18.6. The van der Waals surface area contributed by atoms with E-state index < -0.39 is 0 Å². The maximum atomic E-state index is 2.43. The molecule has 326 valence electrons. The molecule has 0 aliphatic heterocycles. The molecule has 0 saturated heterocycles. The predicted octanol–water partition coefficient (Wildman–Crippen LogP) is 18.5. The Hall–Kier alpha value is -9.24. The first-order valence-corrected chi connectivity index (χ1v) is 24.1. The quantitative estimate of drug-likeness (QED) is 0.151. The molecular formula is C68H44N2. The van der Waals surface area contributed by atoms with Gasteiger partial charge < -0.3 is 9.13 Å². The first-order chi connectivity index (χ1) is 34.7. The van der Waals surface area contributed by atoms with Gasteiger partial charge in [-0.1, -0.05) is 182 Å². The van der Waals surface area contributed by atoms with Crippen molar-refractivity contribution >= 4 is 65.2 Å². The summed E-state index contributed by atoms with van der Waals surface area (Å²) < 4.78 is 4.87. The molecule has 70 heavy (non-hydrogen) atoms. The highest BCUT2D eigenvalue weighted by molar-refractivity contribution is 6.13. The zero-order valence-corrected chi connectivity index (χ0v) is 38.3. The molecule has 14 aromatic rings. The van der Waals surface area contributed by atoms with Gasteiger partial charge in [0.05, 0.1) is 22.1 Å². The Morgan fingerprint density at radius 2 is 0.414 bits per heavy atom. The van der Waals surface area contributed by atoms with Gasteiger partial charge in [0.2, 0.25) is 0 Å². The van der Waals surface area contributed by atoms with E-state index in [9.17, 15) is 0 Å². The molecule has 2 aromatic heterocycles. The van der Waals surface area contributed by atoms with Crippen LogP contribution >= 0.6 is 0 Å². The smallest absolute Gasteiger partial charge is 0.0541 e. The van der Waals surface area contributed by atoms with Crippen LogP contribution in [-0.4, -0.2) is 9.13 Å². The summed E-state index contributed by atoms with van der Waals surface area (Å²) in [7, 11) is 0. The topological polar surface area (TPSA) is 9.86 Å². The number of hydrogen-bond donors (Lipinski definition) is 0. The summed E-state index contributed by atoms with van der Waals surface area (Å²) in [4.78, 5) is 0. The van der Waals surface area contributed by atoms with Crippen LogP contribution in [0.4, 0.5) is 0 Å². The maximum Gasteiger partial charge on any atom is 0.0541 e. The molecule has 0 aliphatic carbocycles. The van der Waals surface area contributed by atoms with E-state index in [2.05, 4.69) is 276 Å². The lowest BCUT2D eigenvalue weighted by Gasteiger charge is -2.12. The van der Waals surface area contributed by atoms with E-state index in [0.29, 0.717) is 0 Å². The van der Waals surface area contributed by atoms with Crippen LogP contribution in [0.1, 0.15) is 0 Å². The van der Waals surface area contributed by atoms with Crippen molar-refractivity contribution in [3.63, 3.8) is 0 Å². The number of aromatic nitrogens is 2. The Bertz CT molecular complexity index is 3840. The van der Waals surface area contributed by atoms with Gasteiger partial charge >= 0.3 is 0 Å². The zero-order chi connectivity index (χ0) is 46.1. The van der Waals surface area contributed by atoms with Gasteiger partial charge in [0.1, 0.15) is 0 Å². The number of benzene rings is 12. The van der Waals surface area contributed by atoms with E-state index in [-0.39, 0.29) is 0 Å². The molecule has 0 unspecified atom stereocenters. The van der Waals surface area contributed by atoms with Gasteiger partial charge in [-0.2, -0.15) is 0 Å². The third-order valence-corrected chi connectivity index (χ3v) is 14.5. The summed E-state index contributed by atoms with van der Waals surface area (Å²) in [6.07, 6.45) is 0. The predicted molar refractivity (Wildman–Crippen MR) is 297 cm³/mol. The average Bonchev–Trinajstić information content (AvgIpc) is 3.95. The third kappa shape index (κ3) is 6.72. The first kappa shape index (κ1) is 39.9. The minimum absolute atomic E-state index is 1.15. The van der Waals surface area contributed by atoms with Crippen LogP contribution in [0.5, 0.6) is 0 Å². The van der Waals surface area contributed by atoms with Crippen molar-refractivity contribution in [2.24, 2.45) is 0 Å². The SMILES string of the molecule is c1ccc(-c2ccc3c(c2)c2cc(-c4ccccc4)ccc2n3-c2ccc3cc(-c4ccc5cc(-n6c7ccc(-c8ccccc8)cc7c7cc(-c8ccccc8)ccc76)ccc5c4)ccc3c2)cc1. The molecule has 0 fully saturated rings. The van der Waals surface area contributed by atoms with Gasteiger partial charge in [0.15, 0.2) is 0 Å². The maximum absolute atomic E-state index is 2.43. The molecule has 12 aromatic carbocycles. The minimum atomic E-state index is 1.15. The summed E-state index contributed by atoms with van der Waals surface area (Å²) in [6, 6.07) is 98.0. The summed E-state index contributed by atoms with van der Waals surface area (Å²) in [5, 5.41) is 9.84. The number of rotatable bonds is 7. The van der Waals surface area contributed by atoms with E-state index in [4.69, 9.17) is 0 Å². The molecule has 0 N–H and O–H groups in total. The van der Waals surface area contributed by atoms with Crippen LogP contribution in [0.2, 0.25) is 0 Å². The summed E-state index contributed by atoms with van der Waals surface area (Å²) in [5.74, 6) is 0. The van der Waals surface area contributed by atoms with E-state index >= 15 is 0 Å². The number of nitrogens with zero attached hydrogens (tertiary/aromatic N) is 2. The molecule has 14 rings (SSSR count). The van der Waals surface area contributed by atoms with Crippen molar-refractivity contribution in [2.45, 2.75) is 0 Å². The van der Waals surface area contributed by atoms with Crippen molar-refractivity contribution in [2.75, 3.05) is 0 Å². The Kier molecular flexibility index (Phi) is 9.25. The van der Waals surface area contributed by atoms with Crippen molar-refractivity contribution in [1.29, 1.82) is 0 Å². The molecular weight excluding hydrogens is 845 g/mol. The monoisotopic (exact) mass is 888 g/mol. The van der Waals surface area contributed by atoms with Gasteiger partial charge in [-0.25, -0.2) is 0 Å². The zero-order valence-electron chi connectivity index (χ0n) is 38.3. The molecule has 0 aliphatic rings. The van der Waals surface area contributed by atoms with Crippen molar-refractivity contribution in [3.05, 3.63) is 267 Å². The second kappa shape index (κ2) is 16.2. The third-order valence-electron chi connectivity index (χ3n) is 14.5. The standard InChI is InChI=1S/C68H44N2/c1-5-13-45(14-6-1)55-27-33-65-61(41-55)62-42-56(46-15-7-2-8-16-46)28-34-66(62)69(65)59-31-25-51-37-49(21-23-53(51)39-59)50-22-24-54-40-60(32-26-52(54)38-50)70-67-35-29-57(47-17-9-3-10-18-47)43-63(67)64-44-58(30-36-68(64)70)48-19-11-4-12-20-48/h1-44H. The van der Waals surface area contributed by atoms with Gasteiger partial charge in [-0.3, -0.25) is 0 Å². The number of fused-ring (bicyclic) bond motifs is 8. The molecule has 0 radical (unpaired) electrons. The highest BCUT2D eigenvalue weighted by atomic mass is 15.0. The van der Waals surface area contributed by atoms with Gasteiger partial charge in [0.25, 0.3) is 0 Å². The van der Waals surface area contributed by atoms with Gasteiger partial charge in [0, 0.05) is 32.9 Å². The van der Waals surface area contributed by atoms with Crippen molar-refractivity contribution < 1.29 is 0 Å². The minimum Gasteiger partial charge on any atom is -0.309 e. The Morgan fingerprint density at radius 1 is 0.171 bits per heavy atom. The van der Waals surface area contributed by atoms with Crippen LogP contribution in [0.3, 0.4) is 0 Å². The molecule has 0 amide bonds. The van der Waals surface area contributed by atoms with E-state index in [0.717, 1.165) is 11.4 Å². The van der Waals surface area contributed by atoms with E-state index in [1.54, 1.807) is 0 Å². The Morgan fingerprint density at radius 3 is 0.714 bits per heavy atom. The van der Waals surface area contributed by atoms with Crippen LogP contribution in [-0.2, 0) is 0 Å². The molecule has 0 atom stereocenters. The number of hydrogen-bond acceptors (Lipinski definition) is 0. The van der Waals surface area contributed by atoms with Gasteiger partial charge in [-0.05, 0) is 162 Å². The summed E-state index contributed by atoms with van der Waals surface area (Å²) in [6.45, 7) is 0. The van der Waals surface area contributed by atoms with Crippen LogP contribution in [0.15, 0.2) is 267 Å². The van der Waals surface area contributed by atoms with Crippen LogP contribution < -0.4 is 0 Å². The fraction of sp³-hybridized carbons (Fsp3) is 0. The lowest BCUT2D eigenvalue weighted by molar-refractivity contribution is 1.19. The van der Waals surface area contributed by atoms with Gasteiger partial charge in [-0.15, -0.1) is 0 Å². The first-order valence-electron chi connectivity index (χ1n) is 24.1. The summed E-state index contributed by atoms with van der Waals surface area (Å²) in [5.41, 5.74) is 19.3. The highest BCUT2D eigenvalue weighted by Gasteiger charge is 2.18. The summed E-state index contributed by atoms with van der Waals surface area (Å²) >= 11 is 0. The Balaban J connectivity index is 0.826. The molecule has 0 saturated carbocycles. The highest BCUT2D eigenvalue weighted by Crippen LogP contribution is 2.40. The lowest BCUT2D eigenvalue weighted by atomic mass is 9.98. The second-order valence-electron chi connectivity index (χ2n) is 18.6. The molecule has 0 spiro atoms. The largest absolute Gasteiger partial charge is 0.309 e. The fourth-order valence-corrected chi connectivity index (χ4v) is 10.9. The average molecular weight is 889 g/mol. The molecule has 2 nitrogen and oxygen atoms in total. The van der Waals surface area contributed by atoms with Crippen LogP contribution in [0.25, 0.3) is 132 Å². The Labute approximate surface area is 406 Å². The van der Waals surface area contributed by atoms with Crippen molar-refractivity contribution in [3.8, 4) is 67.0 Å². The van der Waals surface area contributed by atoms with E-state index in [1.165, 1.54) is 121 Å². The van der Waals surface area contributed by atoms with Crippen LogP contribution in [0, 0.1) is 0 Å². The molecule has 2 heteroatoms. The fourth-order valence-electron chi connectivity index (χ4n) is 10.9. The van der Waals surface area contributed by atoms with E-state index in [1.807, 2.05) is 0 Å². The lowest BCUT2D eigenvalue weighted by Crippen LogP contribution is -1.94. The van der Waals surface area contributed by atoms with Crippen molar-refractivity contribution in [1.82, 2.24) is 9.13 Å². The molecule has 2 heterocycles. The normalized spacial score (nSPS) is 11.7. The molecule has 0 bridgehead atoms.